The minimum atomic E-state index is -1.16. The summed E-state index contributed by atoms with van der Waals surface area (Å²) in [6.07, 6.45) is 0.588. The molecule has 2 aromatic rings. The molecule has 1 fully saturated rings. The lowest BCUT2D eigenvalue weighted by atomic mass is 9.67. The van der Waals surface area contributed by atoms with Crippen molar-refractivity contribution in [1.82, 2.24) is 9.62 Å². The van der Waals surface area contributed by atoms with Gasteiger partial charge in [-0.05, 0) is 54.3 Å². The van der Waals surface area contributed by atoms with Crippen LogP contribution in [0.2, 0.25) is 10.0 Å². The number of piperidine rings is 1. The smallest absolute Gasteiger partial charge is 0.304 e. The lowest BCUT2D eigenvalue weighted by Gasteiger charge is -2.52. The molecule has 1 heterocycles. The highest BCUT2D eigenvalue weighted by Crippen LogP contribution is 2.52. The number of rotatable bonds is 10. The van der Waals surface area contributed by atoms with Crippen LogP contribution in [-0.2, 0) is 9.59 Å². The number of halogens is 3. The summed E-state index contributed by atoms with van der Waals surface area (Å²) in [5, 5.41) is 10.5. The monoisotopic (exact) mass is 540 g/mol. The first-order valence-electron chi connectivity index (χ1n) is 11.7. The van der Waals surface area contributed by atoms with Crippen LogP contribution in [0.4, 0.5) is 4.39 Å². The van der Waals surface area contributed by atoms with E-state index < -0.39 is 23.2 Å². The molecule has 4 atom stereocenters. The zero-order chi connectivity index (χ0) is 25.8. The minimum absolute atomic E-state index is 0.206. The van der Waals surface area contributed by atoms with E-state index in [1.54, 1.807) is 37.1 Å². The Balaban J connectivity index is 2.21. The second-order valence-electron chi connectivity index (χ2n) is 9.20. The number of nitrogens with zero attached hydrogens (tertiary/aromatic N) is 1. The van der Waals surface area contributed by atoms with Crippen molar-refractivity contribution in [2.45, 2.75) is 58.0 Å². The van der Waals surface area contributed by atoms with Crippen LogP contribution in [0.3, 0.4) is 0 Å². The van der Waals surface area contributed by atoms with E-state index >= 15 is 0 Å². The van der Waals surface area contributed by atoms with Crippen molar-refractivity contribution < 1.29 is 19.1 Å². The standard InChI is InChI=1S/C26H31Cl2FN2O3S/c1-4-21(15-30-35-5-2)31-24(16-6-8-18(27)9-7-16)22(17-10-19(28)12-20(29)11-17)13-26(3,25(31)34)14-23(32)33/h6-12,21-22,24,30H,4-5,13-15H2,1-3H3,(H,32,33)/t21-,22+,24+,26+/m0/s1. The van der Waals surface area contributed by atoms with Crippen molar-refractivity contribution in [1.29, 1.82) is 0 Å². The van der Waals surface area contributed by atoms with Crippen LogP contribution in [0.25, 0.3) is 0 Å². The van der Waals surface area contributed by atoms with Gasteiger partial charge in [-0.15, -0.1) is 0 Å². The molecule has 1 aliphatic heterocycles. The van der Waals surface area contributed by atoms with Crippen LogP contribution in [0, 0.1) is 11.2 Å². The highest BCUT2D eigenvalue weighted by Gasteiger charge is 2.52. The molecule has 190 valence electrons. The molecule has 0 spiro atoms. The molecule has 1 amide bonds. The molecule has 0 saturated carbocycles. The van der Waals surface area contributed by atoms with Gasteiger partial charge in [0.2, 0.25) is 5.91 Å². The van der Waals surface area contributed by atoms with Gasteiger partial charge in [-0.2, -0.15) is 0 Å². The van der Waals surface area contributed by atoms with Gasteiger partial charge in [0, 0.05) is 34.3 Å². The largest absolute Gasteiger partial charge is 0.481 e. The number of carbonyl (C=O) groups excluding carboxylic acids is 1. The SMILES string of the molecule is CCSNC[C@H](CC)N1C(=O)[C@@](C)(CC(=O)O)C[C@H](c2cc(F)cc(Cl)c2)[C@H]1c1ccc(Cl)cc1. The van der Waals surface area contributed by atoms with E-state index in [1.165, 1.54) is 12.1 Å². The first kappa shape index (κ1) is 27.8. The van der Waals surface area contributed by atoms with E-state index in [1.807, 2.05) is 30.9 Å². The Labute approximate surface area is 220 Å². The molecule has 3 rings (SSSR count). The third-order valence-electron chi connectivity index (χ3n) is 6.60. The molecule has 0 bridgehead atoms. The van der Waals surface area contributed by atoms with Crippen LogP contribution < -0.4 is 4.72 Å². The highest BCUT2D eigenvalue weighted by molar-refractivity contribution is 7.97. The Kier molecular flexibility index (Phi) is 9.49. The lowest BCUT2D eigenvalue weighted by molar-refractivity contribution is -0.160. The average molecular weight is 542 g/mol. The number of nitrogens with one attached hydrogen (secondary N) is 1. The molecule has 1 aliphatic rings. The molecule has 5 nitrogen and oxygen atoms in total. The summed E-state index contributed by atoms with van der Waals surface area (Å²) in [6.45, 7) is 6.27. The van der Waals surface area contributed by atoms with Crippen molar-refractivity contribution in [2.75, 3.05) is 12.3 Å². The van der Waals surface area contributed by atoms with Gasteiger partial charge in [0.05, 0.1) is 17.9 Å². The van der Waals surface area contributed by atoms with Gasteiger partial charge in [-0.1, -0.05) is 68.1 Å². The van der Waals surface area contributed by atoms with E-state index in [0.717, 1.165) is 11.3 Å². The van der Waals surface area contributed by atoms with Crippen molar-refractivity contribution in [3.8, 4) is 0 Å². The van der Waals surface area contributed by atoms with Crippen molar-refractivity contribution >= 4 is 47.0 Å². The molecular formula is C26H31Cl2FN2O3S. The van der Waals surface area contributed by atoms with Gasteiger partial charge in [0.25, 0.3) is 0 Å². The number of aliphatic carboxylic acids is 1. The Morgan fingerprint density at radius 1 is 1.20 bits per heavy atom. The molecule has 2 aromatic carbocycles. The fourth-order valence-electron chi connectivity index (χ4n) is 5.03. The molecule has 0 aliphatic carbocycles. The molecule has 35 heavy (non-hydrogen) atoms. The first-order valence-corrected chi connectivity index (χ1v) is 13.4. The first-order chi connectivity index (χ1) is 16.6. The van der Waals surface area contributed by atoms with Crippen LogP contribution in [-0.4, -0.2) is 40.2 Å². The Morgan fingerprint density at radius 2 is 1.89 bits per heavy atom. The summed E-state index contributed by atoms with van der Waals surface area (Å²) in [7, 11) is 0. The summed E-state index contributed by atoms with van der Waals surface area (Å²) in [6, 6.07) is 11.0. The second kappa shape index (κ2) is 12.0. The normalized spacial score (nSPS) is 23.4. The fourth-order valence-corrected chi connectivity index (χ4v) is 5.90. The van der Waals surface area contributed by atoms with Crippen molar-refractivity contribution in [3.05, 3.63) is 69.5 Å². The van der Waals surface area contributed by atoms with E-state index in [9.17, 15) is 19.1 Å². The van der Waals surface area contributed by atoms with Gasteiger partial charge in [-0.3, -0.25) is 14.3 Å². The van der Waals surface area contributed by atoms with E-state index in [-0.39, 0.29) is 35.7 Å². The number of hydrogen-bond acceptors (Lipinski definition) is 4. The molecule has 1 saturated heterocycles. The molecule has 9 heteroatoms. The summed E-state index contributed by atoms with van der Waals surface area (Å²) in [5.74, 6) is -1.24. The van der Waals surface area contributed by atoms with Gasteiger partial charge in [0.1, 0.15) is 5.82 Å². The third-order valence-corrected chi connectivity index (χ3v) is 7.73. The quantitative estimate of drug-likeness (QED) is 0.259. The van der Waals surface area contributed by atoms with Crippen molar-refractivity contribution in [2.24, 2.45) is 5.41 Å². The zero-order valence-electron chi connectivity index (χ0n) is 20.1. The van der Waals surface area contributed by atoms with E-state index in [2.05, 4.69) is 4.72 Å². The number of carboxylic acid groups (broad SMARTS) is 1. The maximum atomic E-state index is 14.5. The predicted octanol–water partition coefficient (Wildman–Crippen LogP) is 6.71. The highest BCUT2D eigenvalue weighted by atomic mass is 35.5. The van der Waals surface area contributed by atoms with Gasteiger partial charge < -0.3 is 10.0 Å². The summed E-state index contributed by atoms with van der Waals surface area (Å²) in [5.41, 5.74) is 0.325. The topological polar surface area (TPSA) is 69.6 Å². The molecule has 0 radical (unpaired) electrons. The van der Waals surface area contributed by atoms with E-state index in [0.29, 0.717) is 23.6 Å². The maximum absolute atomic E-state index is 14.5. The Hall–Kier alpha value is -1.80. The summed E-state index contributed by atoms with van der Waals surface area (Å²) >= 11 is 14.0. The Bertz CT molecular complexity index is 1040. The third kappa shape index (κ3) is 6.50. The number of amides is 1. The molecule has 2 N–H and O–H groups in total. The molecule has 0 aromatic heterocycles. The van der Waals surface area contributed by atoms with Crippen LogP contribution >= 0.6 is 35.1 Å². The number of hydrogen-bond donors (Lipinski definition) is 2. The number of carboxylic acids is 1. The maximum Gasteiger partial charge on any atom is 0.304 e. The number of carbonyl (C=O) groups is 2. The lowest BCUT2D eigenvalue weighted by Crippen LogP contribution is -2.57. The Morgan fingerprint density at radius 3 is 2.46 bits per heavy atom. The van der Waals surface area contributed by atoms with Crippen LogP contribution in [0.15, 0.2) is 42.5 Å². The van der Waals surface area contributed by atoms with Crippen LogP contribution in [0.1, 0.15) is 63.1 Å². The average Bonchev–Trinajstić information content (AvgIpc) is 2.78. The van der Waals surface area contributed by atoms with Crippen LogP contribution in [0.5, 0.6) is 0 Å². The van der Waals surface area contributed by atoms with Gasteiger partial charge >= 0.3 is 5.97 Å². The van der Waals surface area contributed by atoms with Crippen molar-refractivity contribution in [3.63, 3.8) is 0 Å². The summed E-state index contributed by atoms with van der Waals surface area (Å²) < 4.78 is 17.8. The fraction of sp³-hybridized carbons (Fsp3) is 0.462. The van der Waals surface area contributed by atoms with Gasteiger partial charge in [0.15, 0.2) is 0 Å². The zero-order valence-corrected chi connectivity index (χ0v) is 22.4. The summed E-state index contributed by atoms with van der Waals surface area (Å²) in [4.78, 5) is 27.7. The second-order valence-corrected chi connectivity index (χ2v) is 11.2. The molecular weight excluding hydrogens is 510 g/mol. The number of likely N-dealkylation sites (tertiary alicyclic amines) is 1. The number of benzene rings is 2. The predicted molar refractivity (Wildman–Crippen MR) is 140 cm³/mol. The van der Waals surface area contributed by atoms with E-state index in [4.69, 9.17) is 23.2 Å². The molecule has 0 unspecified atom stereocenters. The van der Waals surface area contributed by atoms with Gasteiger partial charge in [-0.25, -0.2) is 4.39 Å². The minimum Gasteiger partial charge on any atom is -0.481 e.